The van der Waals surface area contributed by atoms with Gasteiger partial charge in [0.15, 0.2) is 11.5 Å². The van der Waals surface area contributed by atoms with E-state index >= 15 is 0 Å². The summed E-state index contributed by atoms with van der Waals surface area (Å²) in [5.74, 6) is 1.51. The zero-order chi connectivity index (χ0) is 23.8. The van der Waals surface area contributed by atoms with Gasteiger partial charge in [0, 0.05) is 43.6 Å². The first-order valence-electron chi connectivity index (χ1n) is 11.8. The van der Waals surface area contributed by atoms with Crippen molar-refractivity contribution in [3.05, 3.63) is 53.6 Å². The smallest absolute Gasteiger partial charge is 0.430 e. The Morgan fingerprint density at radius 3 is 2.44 bits per heavy atom. The number of amides is 1. The second-order valence-corrected chi connectivity index (χ2v) is 10.1. The highest BCUT2D eigenvalue weighted by Crippen LogP contribution is 2.38. The molecule has 0 bridgehead atoms. The molecule has 3 aliphatic heterocycles. The summed E-state index contributed by atoms with van der Waals surface area (Å²) in [5, 5.41) is 8.87. The third kappa shape index (κ3) is 4.82. The minimum atomic E-state index is -0.486. The Kier molecular flexibility index (Phi) is 5.85. The fourth-order valence-electron chi connectivity index (χ4n) is 4.46. The van der Waals surface area contributed by atoms with Crippen molar-refractivity contribution in [1.29, 1.82) is 0 Å². The Morgan fingerprint density at radius 2 is 1.74 bits per heavy atom. The summed E-state index contributed by atoms with van der Waals surface area (Å²) in [6.45, 7) is 8.76. The van der Waals surface area contributed by atoms with Gasteiger partial charge < -0.3 is 19.1 Å². The van der Waals surface area contributed by atoms with Crippen molar-refractivity contribution in [2.45, 2.75) is 51.0 Å². The van der Waals surface area contributed by atoms with Crippen LogP contribution in [-0.4, -0.2) is 48.8 Å². The maximum Gasteiger partial charge on any atom is 0.430 e. The van der Waals surface area contributed by atoms with Gasteiger partial charge in [-0.2, -0.15) is 0 Å². The second-order valence-electron chi connectivity index (χ2n) is 10.1. The Hall–Kier alpha value is -3.26. The van der Waals surface area contributed by atoms with E-state index in [9.17, 15) is 4.79 Å². The number of oxime groups is 1. The molecule has 34 heavy (non-hydrogen) atoms. The third-order valence-electron chi connectivity index (χ3n) is 6.56. The number of benzene rings is 2. The second kappa shape index (κ2) is 8.83. The Labute approximate surface area is 199 Å². The van der Waals surface area contributed by atoms with Crippen molar-refractivity contribution in [3.8, 4) is 11.5 Å². The Morgan fingerprint density at radius 1 is 1.03 bits per heavy atom. The number of rotatable bonds is 3. The van der Waals surface area contributed by atoms with Crippen molar-refractivity contribution in [3.63, 3.8) is 0 Å². The van der Waals surface area contributed by atoms with Gasteiger partial charge in [-0.25, -0.2) is 4.79 Å². The van der Waals surface area contributed by atoms with Crippen LogP contribution in [0, 0.1) is 0 Å². The van der Waals surface area contributed by atoms with Crippen LogP contribution in [0.25, 0.3) is 0 Å². The minimum absolute atomic E-state index is 0.0663. The number of carbonyl (C=O) groups excluding carboxylic acids is 1. The largest absolute Gasteiger partial charge is 0.486 e. The highest BCUT2D eigenvalue weighted by molar-refractivity contribution is 6.02. The van der Waals surface area contributed by atoms with Crippen molar-refractivity contribution in [2.75, 3.05) is 31.6 Å². The van der Waals surface area contributed by atoms with Crippen LogP contribution in [-0.2, 0) is 15.1 Å². The summed E-state index contributed by atoms with van der Waals surface area (Å²) in [4.78, 5) is 23.8. The molecule has 180 valence electrons. The first-order valence-corrected chi connectivity index (χ1v) is 11.8. The molecule has 1 N–H and O–H groups in total. The van der Waals surface area contributed by atoms with E-state index in [1.165, 1.54) is 5.56 Å². The number of fused-ring (bicyclic) bond motifs is 1. The molecule has 0 atom stereocenters. The molecule has 1 saturated heterocycles. The number of carbonyl (C=O) groups is 1. The molecule has 3 aliphatic rings. The third-order valence-corrected chi connectivity index (χ3v) is 6.56. The van der Waals surface area contributed by atoms with Crippen LogP contribution in [0.5, 0.6) is 11.5 Å². The monoisotopic (exact) mass is 465 g/mol. The van der Waals surface area contributed by atoms with Gasteiger partial charge in [-0.1, -0.05) is 38.1 Å². The van der Waals surface area contributed by atoms with Gasteiger partial charge in [-0.05, 0) is 41.3 Å². The van der Waals surface area contributed by atoms with Crippen molar-refractivity contribution < 1.29 is 23.9 Å². The molecule has 3 heterocycles. The van der Waals surface area contributed by atoms with E-state index in [-0.39, 0.29) is 11.0 Å². The molecule has 0 aliphatic carbocycles. The molecule has 2 aromatic rings. The predicted octanol–water partition coefficient (Wildman–Crippen LogP) is 4.88. The predicted molar refractivity (Wildman–Crippen MR) is 128 cm³/mol. The molecule has 1 spiro atoms. The molecule has 8 heteroatoms. The van der Waals surface area contributed by atoms with E-state index in [1.54, 1.807) is 5.06 Å². The van der Waals surface area contributed by atoms with Gasteiger partial charge in [-0.15, -0.1) is 5.06 Å². The molecular formula is C26H31N3O5. The maximum absolute atomic E-state index is 12.4. The van der Waals surface area contributed by atoms with Crippen molar-refractivity contribution in [2.24, 2.45) is 5.16 Å². The molecule has 5 rings (SSSR count). The zero-order valence-electron chi connectivity index (χ0n) is 19.9. The zero-order valence-corrected chi connectivity index (χ0v) is 19.9. The number of anilines is 1. The van der Waals surface area contributed by atoms with E-state index in [4.69, 9.17) is 19.1 Å². The standard InChI is InChI=1S/C26H31N3O5/c1-25(2,3)19-5-7-20(8-6-19)27-24(30)33-29-12-10-26(11-13-29)17-21(28-34-26)18-4-9-22-23(16-18)32-15-14-31-22/h4-9,16H,10-15,17H2,1-3H3,(H,27,30). The first-order chi connectivity index (χ1) is 16.3. The Balaban J connectivity index is 1.12. The summed E-state index contributed by atoms with van der Waals surface area (Å²) in [7, 11) is 0. The number of hydrogen-bond acceptors (Lipinski definition) is 7. The van der Waals surface area contributed by atoms with Crippen molar-refractivity contribution >= 4 is 17.5 Å². The first kappa shape index (κ1) is 22.5. The quantitative estimate of drug-likeness (QED) is 0.696. The van der Waals surface area contributed by atoms with Crippen LogP contribution in [0.3, 0.4) is 0 Å². The molecule has 0 aromatic heterocycles. The maximum atomic E-state index is 12.4. The van der Waals surface area contributed by atoms with Gasteiger partial charge >= 0.3 is 6.09 Å². The minimum Gasteiger partial charge on any atom is -0.486 e. The lowest BCUT2D eigenvalue weighted by molar-refractivity contribution is -0.154. The SMILES string of the molecule is CC(C)(C)c1ccc(NC(=O)ON2CCC3(CC2)CC(c2ccc4c(c2)OCCO4)=NO3)cc1. The summed E-state index contributed by atoms with van der Waals surface area (Å²) in [6, 6.07) is 13.7. The van der Waals surface area contributed by atoms with E-state index in [0.29, 0.717) is 38.4 Å². The van der Waals surface area contributed by atoms with Crippen molar-refractivity contribution in [1.82, 2.24) is 5.06 Å². The molecule has 0 radical (unpaired) electrons. The average molecular weight is 466 g/mol. The van der Waals surface area contributed by atoms with Gasteiger partial charge in [0.05, 0.1) is 5.71 Å². The van der Waals surface area contributed by atoms with Gasteiger partial charge in [-0.3, -0.25) is 5.32 Å². The number of piperidine rings is 1. The van der Waals surface area contributed by atoms with E-state index < -0.39 is 6.09 Å². The number of nitrogens with zero attached hydrogens (tertiary/aromatic N) is 2. The normalized spacial score (nSPS) is 19.3. The van der Waals surface area contributed by atoms with Gasteiger partial charge in [0.1, 0.15) is 18.8 Å². The van der Waals surface area contributed by atoms with Crippen LogP contribution in [0.4, 0.5) is 10.5 Å². The van der Waals surface area contributed by atoms with Crippen LogP contribution < -0.4 is 14.8 Å². The number of hydrogen-bond donors (Lipinski definition) is 1. The summed E-state index contributed by atoms with van der Waals surface area (Å²) in [6.07, 6.45) is 1.67. The molecule has 2 aromatic carbocycles. The lowest BCUT2D eigenvalue weighted by Crippen LogP contribution is -2.45. The van der Waals surface area contributed by atoms with Gasteiger partial charge in [0.25, 0.3) is 0 Å². The Bertz CT molecular complexity index is 1080. The van der Waals surface area contributed by atoms with E-state index in [1.807, 2.05) is 42.5 Å². The summed E-state index contributed by atoms with van der Waals surface area (Å²) < 4.78 is 11.3. The van der Waals surface area contributed by atoms with Gasteiger partial charge in [0.2, 0.25) is 0 Å². The van der Waals surface area contributed by atoms with Crippen LogP contribution in [0.1, 0.15) is 51.2 Å². The molecule has 1 fully saturated rings. The topological polar surface area (TPSA) is 81.6 Å². The lowest BCUT2D eigenvalue weighted by Gasteiger charge is -2.35. The highest BCUT2D eigenvalue weighted by Gasteiger charge is 2.43. The fourth-order valence-corrected chi connectivity index (χ4v) is 4.46. The number of nitrogens with one attached hydrogen (secondary N) is 1. The highest BCUT2D eigenvalue weighted by atomic mass is 16.7. The molecule has 8 nitrogen and oxygen atoms in total. The molecule has 0 unspecified atom stereocenters. The lowest BCUT2D eigenvalue weighted by atomic mass is 9.86. The number of ether oxygens (including phenoxy) is 2. The average Bonchev–Trinajstić information content (AvgIpc) is 3.24. The van der Waals surface area contributed by atoms with E-state index in [0.717, 1.165) is 35.6 Å². The summed E-state index contributed by atoms with van der Waals surface area (Å²) in [5.41, 5.74) is 3.52. The summed E-state index contributed by atoms with van der Waals surface area (Å²) >= 11 is 0. The number of hydroxylamine groups is 2. The molecule has 1 amide bonds. The fraction of sp³-hybridized carbons (Fsp3) is 0.462. The molecular weight excluding hydrogens is 434 g/mol. The molecule has 0 saturated carbocycles. The van der Waals surface area contributed by atoms with Crippen LogP contribution >= 0.6 is 0 Å². The van der Waals surface area contributed by atoms with Crippen LogP contribution in [0.2, 0.25) is 0 Å². The van der Waals surface area contributed by atoms with Crippen LogP contribution in [0.15, 0.2) is 47.6 Å². The van der Waals surface area contributed by atoms with E-state index in [2.05, 4.69) is 31.2 Å².